The minimum Gasteiger partial charge on any atom is -0.486 e. The molecule has 0 N–H and O–H groups in total. The first-order valence-corrected chi connectivity index (χ1v) is 10.3. The molecule has 26 heavy (non-hydrogen) atoms. The van der Waals surface area contributed by atoms with Gasteiger partial charge in [-0.25, -0.2) is 0 Å². The Morgan fingerprint density at radius 2 is 2.04 bits per heavy atom. The molecule has 134 valence electrons. The molecule has 1 aliphatic heterocycles. The highest BCUT2D eigenvalue weighted by Crippen LogP contribution is 2.38. The van der Waals surface area contributed by atoms with E-state index in [0.717, 1.165) is 15.6 Å². The monoisotopic (exact) mass is 467 g/mol. The van der Waals surface area contributed by atoms with Crippen molar-refractivity contribution in [3.63, 3.8) is 0 Å². The number of hydrogen-bond donors (Lipinski definition) is 0. The standard InChI is InChI=1S/C19H15BrClNO2S2/c1-2-22-18(23)16(26-19(22)25)10-13-8-14(20)17(15(21)9-13)24-11-12-6-4-3-5-7-12/h3-10H,2,11H2,1H3/b16-10-. The molecule has 3 nitrogen and oxygen atoms in total. The van der Waals surface area contributed by atoms with Crippen LogP contribution in [-0.4, -0.2) is 21.7 Å². The van der Waals surface area contributed by atoms with Crippen molar-refractivity contribution in [2.75, 3.05) is 6.54 Å². The number of ether oxygens (including phenoxy) is 1. The second-order valence-electron chi connectivity index (χ2n) is 5.51. The third-order valence-corrected chi connectivity index (χ3v) is 5.98. The van der Waals surface area contributed by atoms with E-state index in [0.29, 0.717) is 33.1 Å². The molecule has 1 saturated heterocycles. The van der Waals surface area contributed by atoms with Crippen LogP contribution in [0.4, 0.5) is 0 Å². The summed E-state index contributed by atoms with van der Waals surface area (Å²) in [6, 6.07) is 13.5. The number of carbonyl (C=O) groups excluding carboxylic acids is 1. The first-order chi connectivity index (χ1) is 12.5. The predicted octanol–water partition coefficient (Wildman–Crippen LogP) is 5.90. The fourth-order valence-electron chi connectivity index (χ4n) is 2.45. The summed E-state index contributed by atoms with van der Waals surface area (Å²) in [6.07, 6.45) is 1.80. The maximum Gasteiger partial charge on any atom is 0.266 e. The smallest absolute Gasteiger partial charge is 0.266 e. The van der Waals surface area contributed by atoms with Gasteiger partial charge >= 0.3 is 0 Å². The van der Waals surface area contributed by atoms with Crippen LogP contribution in [0.25, 0.3) is 6.08 Å². The average Bonchev–Trinajstić information content (AvgIpc) is 2.88. The molecule has 1 aliphatic rings. The lowest BCUT2D eigenvalue weighted by Gasteiger charge is -2.11. The molecule has 0 bridgehead atoms. The van der Waals surface area contributed by atoms with E-state index in [4.69, 9.17) is 28.6 Å². The summed E-state index contributed by atoms with van der Waals surface area (Å²) in [6.45, 7) is 2.90. The number of hydrogen-bond acceptors (Lipinski definition) is 4. The van der Waals surface area contributed by atoms with E-state index in [1.165, 1.54) is 11.8 Å². The van der Waals surface area contributed by atoms with Crippen molar-refractivity contribution in [3.8, 4) is 5.75 Å². The van der Waals surface area contributed by atoms with Crippen molar-refractivity contribution in [1.29, 1.82) is 0 Å². The maximum atomic E-state index is 12.3. The Kier molecular flexibility index (Phi) is 6.40. The third-order valence-electron chi connectivity index (χ3n) is 3.73. The molecular formula is C19H15BrClNO2S2. The Morgan fingerprint density at radius 1 is 1.31 bits per heavy atom. The number of rotatable bonds is 5. The highest BCUT2D eigenvalue weighted by Gasteiger charge is 2.30. The number of likely N-dealkylation sites (N-methyl/N-ethyl adjacent to an activating group) is 1. The molecule has 0 atom stereocenters. The second kappa shape index (κ2) is 8.57. The van der Waals surface area contributed by atoms with Crippen molar-refractivity contribution >= 4 is 67.8 Å². The van der Waals surface area contributed by atoms with Crippen LogP contribution in [0.15, 0.2) is 51.8 Å². The Balaban J connectivity index is 1.80. The van der Waals surface area contributed by atoms with Gasteiger partial charge in [-0.15, -0.1) is 0 Å². The van der Waals surface area contributed by atoms with Gasteiger partial charge in [0.1, 0.15) is 10.9 Å². The van der Waals surface area contributed by atoms with Gasteiger partial charge in [0.15, 0.2) is 5.75 Å². The highest BCUT2D eigenvalue weighted by molar-refractivity contribution is 9.10. The fourth-order valence-corrected chi connectivity index (χ4v) is 4.83. The molecular weight excluding hydrogens is 454 g/mol. The third kappa shape index (κ3) is 4.31. The lowest BCUT2D eigenvalue weighted by Crippen LogP contribution is -2.27. The first-order valence-electron chi connectivity index (χ1n) is 7.90. The summed E-state index contributed by atoms with van der Waals surface area (Å²) >= 11 is 16.4. The minimum atomic E-state index is -0.0702. The van der Waals surface area contributed by atoms with Crippen molar-refractivity contribution in [2.45, 2.75) is 13.5 Å². The van der Waals surface area contributed by atoms with Crippen molar-refractivity contribution in [3.05, 3.63) is 68.0 Å². The van der Waals surface area contributed by atoms with Gasteiger partial charge in [-0.3, -0.25) is 9.69 Å². The Morgan fingerprint density at radius 3 is 2.65 bits per heavy atom. The summed E-state index contributed by atoms with van der Waals surface area (Å²) in [4.78, 5) is 14.5. The van der Waals surface area contributed by atoms with Crippen LogP contribution in [-0.2, 0) is 11.4 Å². The van der Waals surface area contributed by atoms with Gasteiger partial charge in [0.25, 0.3) is 5.91 Å². The van der Waals surface area contributed by atoms with Crippen LogP contribution < -0.4 is 4.74 Å². The van der Waals surface area contributed by atoms with Gasteiger partial charge in [0, 0.05) is 6.54 Å². The lowest BCUT2D eigenvalue weighted by atomic mass is 10.2. The highest BCUT2D eigenvalue weighted by atomic mass is 79.9. The summed E-state index contributed by atoms with van der Waals surface area (Å²) in [7, 11) is 0. The predicted molar refractivity (Wildman–Crippen MR) is 115 cm³/mol. The number of carbonyl (C=O) groups is 1. The minimum absolute atomic E-state index is 0.0702. The molecule has 3 rings (SSSR count). The zero-order chi connectivity index (χ0) is 18.7. The Labute approximate surface area is 175 Å². The van der Waals surface area contributed by atoms with E-state index >= 15 is 0 Å². The molecule has 0 saturated carbocycles. The van der Waals surface area contributed by atoms with Crippen LogP contribution in [0.2, 0.25) is 5.02 Å². The van der Waals surface area contributed by atoms with E-state index in [1.54, 1.807) is 17.0 Å². The molecule has 2 aromatic rings. The number of thiocarbonyl (C=S) groups is 1. The second-order valence-corrected chi connectivity index (χ2v) is 8.45. The first kappa shape index (κ1) is 19.4. The van der Waals surface area contributed by atoms with Gasteiger partial charge in [0.2, 0.25) is 0 Å². The number of benzene rings is 2. The molecule has 1 heterocycles. The number of nitrogens with zero attached hydrogens (tertiary/aromatic N) is 1. The zero-order valence-corrected chi connectivity index (χ0v) is 17.8. The van der Waals surface area contributed by atoms with Gasteiger partial charge in [-0.2, -0.15) is 0 Å². The molecule has 2 aromatic carbocycles. The van der Waals surface area contributed by atoms with Crippen molar-refractivity contribution in [2.24, 2.45) is 0 Å². The van der Waals surface area contributed by atoms with Crippen LogP contribution >= 0.6 is 51.5 Å². The van der Waals surface area contributed by atoms with Crippen LogP contribution in [0.3, 0.4) is 0 Å². The summed E-state index contributed by atoms with van der Waals surface area (Å²) in [5.74, 6) is 0.507. The van der Waals surface area contributed by atoms with Crippen LogP contribution in [0.5, 0.6) is 5.75 Å². The van der Waals surface area contributed by atoms with Crippen molar-refractivity contribution in [1.82, 2.24) is 4.90 Å². The summed E-state index contributed by atoms with van der Waals surface area (Å²) in [5.41, 5.74) is 1.87. The van der Waals surface area contributed by atoms with Gasteiger partial charge in [0.05, 0.1) is 14.4 Å². The Bertz CT molecular complexity index is 863. The molecule has 1 fully saturated rings. The summed E-state index contributed by atoms with van der Waals surface area (Å²) < 4.78 is 7.17. The largest absolute Gasteiger partial charge is 0.486 e. The van der Waals surface area contributed by atoms with E-state index in [1.807, 2.05) is 43.3 Å². The lowest BCUT2D eigenvalue weighted by molar-refractivity contribution is -0.121. The SMILES string of the molecule is CCN1C(=O)/C(=C/c2cc(Cl)c(OCc3ccccc3)c(Br)c2)SC1=S. The molecule has 1 amide bonds. The zero-order valence-electron chi connectivity index (χ0n) is 13.9. The molecule has 0 aromatic heterocycles. The van der Waals surface area contributed by atoms with Gasteiger partial charge in [-0.1, -0.05) is 65.9 Å². The molecule has 0 unspecified atom stereocenters. The number of halogens is 2. The van der Waals surface area contributed by atoms with E-state index in [9.17, 15) is 4.79 Å². The van der Waals surface area contributed by atoms with Gasteiger partial charge in [-0.05, 0) is 52.2 Å². The molecule has 0 aliphatic carbocycles. The number of thioether (sulfide) groups is 1. The maximum absolute atomic E-state index is 12.3. The molecule has 7 heteroatoms. The van der Waals surface area contributed by atoms with E-state index < -0.39 is 0 Å². The number of amides is 1. The summed E-state index contributed by atoms with van der Waals surface area (Å²) in [5, 5.41) is 0.479. The van der Waals surface area contributed by atoms with Crippen LogP contribution in [0.1, 0.15) is 18.1 Å². The average molecular weight is 469 g/mol. The quantitative estimate of drug-likeness (QED) is 0.403. The molecule has 0 spiro atoms. The molecule has 0 radical (unpaired) electrons. The van der Waals surface area contributed by atoms with Gasteiger partial charge < -0.3 is 4.74 Å². The van der Waals surface area contributed by atoms with E-state index in [-0.39, 0.29) is 5.91 Å². The fraction of sp³-hybridized carbons (Fsp3) is 0.158. The van der Waals surface area contributed by atoms with Crippen molar-refractivity contribution < 1.29 is 9.53 Å². The normalized spacial score (nSPS) is 15.8. The van der Waals surface area contributed by atoms with Crippen LogP contribution in [0, 0.1) is 0 Å². The Hall–Kier alpha value is -1.34. The van der Waals surface area contributed by atoms with E-state index in [2.05, 4.69) is 15.9 Å². The topological polar surface area (TPSA) is 29.5 Å².